The average Bonchev–Trinajstić information content (AvgIpc) is 2.61. The van der Waals surface area contributed by atoms with E-state index >= 15 is 0 Å². The fourth-order valence-electron chi connectivity index (χ4n) is 1.32. The molecule has 0 saturated heterocycles. The maximum Gasteiger partial charge on any atom is 0.292 e. The number of allylic oxidation sites excluding steroid dienone is 2. The molecule has 74 valence electrons. The lowest BCUT2D eigenvalue weighted by Gasteiger charge is -2.22. The first-order valence-corrected chi connectivity index (χ1v) is 5.05. The van der Waals surface area contributed by atoms with Gasteiger partial charge in [0.1, 0.15) is 5.70 Å². The molecule has 2 heterocycles. The molecule has 5 heteroatoms. The van der Waals surface area contributed by atoms with Crippen molar-refractivity contribution in [2.24, 2.45) is 0 Å². The molecule has 0 saturated carbocycles. The van der Waals surface area contributed by atoms with E-state index in [0.717, 1.165) is 11.6 Å². The molecule has 0 spiro atoms. The first kappa shape index (κ1) is 9.36. The Morgan fingerprint density at radius 2 is 2.57 bits per heavy atom. The zero-order valence-corrected chi connectivity index (χ0v) is 8.50. The van der Waals surface area contributed by atoms with Gasteiger partial charge in [0.25, 0.3) is 5.91 Å². The third-order valence-corrected chi connectivity index (χ3v) is 2.88. The molecule has 1 amide bonds. The summed E-state index contributed by atoms with van der Waals surface area (Å²) in [6.45, 7) is 0.738. The molecule has 4 nitrogen and oxygen atoms in total. The Morgan fingerprint density at radius 1 is 1.71 bits per heavy atom. The maximum absolute atomic E-state index is 11.5. The summed E-state index contributed by atoms with van der Waals surface area (Å²) in [5.41, 5.74) is 2.94. The predicted molar refractivity (Wildman–Crippen MR) is 54.8 cm³/mol. The van der Waals surface area contributed by atoms with Gasteiger partial charge in [-0.3, -0.25) is 9.63 Å². The Labute approximate surface area is 86.2 Å². The standard InChI is InChI=1S/C9H10N2O2S/c1-13-10-9(12)7-6-14-8-4-2-3-5-11(7)8/h2-4,6H,5H2,1H3,(H,10,12). The SMILES string of the molecule is CONC(=O)C1=CSC2=CC=CCN21. The minimum absolute atomic E-state index is 0.210. The summed E-state index contributed by atoms with van der Waals surface area (Å²) in [7, 11) is 1.42. The number of carbonyl (C=O) groups is 1. The number of carbonyl (C=O) groups excluding carboxylic acids is 1. The van der Waals surface area contributed by atoms with E-state index < -0.39 is 0 Å². The van der Waals surface area contributed by atoms with Crippen LogP contribution in [0.25, 0.3) is 0 Å². The minimum Gasteiger partial charge on any atom is -0.327 e. The maximum atomic E-state index is 11.5. The van der Waals surface area contributed by atoms with Crippen molar-refractivity contribution in [2.45, 2.75) is 0 Å². The number of nitrogens with zero attached hydrogens (tertiary/aromatic N) is 1. The van der Waals surface area contributed by atoms with Crippen LogP contribution >= 0.6 is 11.8 Å². The molecule has 1 N–H and O–H groups in total. The number of hydrogen-bond acceptors (Lipinski definition) is 4. The summed E-state index contributed by atoms with van der Waals surface area (Å²) in [6.07, 6.45) is 5.98. The summed E-state index contributed by atoms with van der Waals surface area (Å²) in [5.74, 6) is -0.210. The first-order valence-electron chi connectivity index (χ1n) is 4.17. The molecule has 0 unspecified atom stereocenters. The Hall–Kier alpha value is -1.20. The third kappa shape index (κ3) is 1.56. The van der Waals surface area contributed by atoms with Crippen molar-refractivity contribution in [3.05, 3.63) is 34.4 Å². The lowest BCUT2D eigenvalue weighted by Crippen LogP contribution is -2.32. The predicted octanol–water partition coefficient (Wildman–Crippen LogP) is 0.965. The van der Waals surface area contributed by atoms with Crippen LogP contribution in [0.3, 0.4) is 0 Å². The lowest BCUT2D eigenvalue weighted by molar-refractivity contribution is -0.128. The number of nitrogens with one attached hydrogen (secondary N) is 1. The van der Waals surface area contributed by atoms with Crippen LogP contribution in [0.4, 0.5) is 0 Å². The number of fused-ring (bicyclic) bond motifs is 1. The lowest BCUT2D eigenvalue weighted by atomic mass is 10.3. The van der Waals surface area contributed by atoms with Crippen LogP contribution in [0.2, 0.25) is 0 Å². The molecule has 0 bridgehead atoms. The quantitative estimate of drug-likeness (QED) is 0.689. The molecule has 2 aliphatic rings. The molecule has 2 aliphatic heterocycles. The van der Waals surface area contributed by atoms with E-state index in [0.29, 0.717) is 5.70 Å². The number of amides is 1. The zero-order valence-electron chi connectivity index (χ0n) is 7.69. The molecule has 0 aromatic carbocycles. The van der Waals surface area contributed by atoms with Crippen LogP contribution in [0.1, 0.15) is 0 Å². The zero-order chi connectivity index (χ0) is 9.97. The van der Waals surface area contributed by atoms with Gasteiger partial charge in [-0.1, -0.05) is 23.9 Å². The fourth-order valence-corrected chi connectivity index (χ4v) is 2.24. The van der Waals surface area contributed by atoms with Crippen molar-refractivity contribution in [3.63, 3.8) is 0 Å². The van der Waals surface area contributed by atoms with E-state index in [2.05, 4.69) is 10.3 Å². The van der Waals surface area contributed by atoms with E-state index in [9.17, 15) is 4.79 Å². The smallest absolute Gasteiger partial charge is 0.292 e. The minimum atomic E-state index is -0.210. The highest BCUT2D eigenvalue weighted by atomic mass is 32.2. The van der Waals surface area contributed by atoms with Gasteiger partial charge in [0.05, 0.1) is 12.1 Å². The molecule has 0 fully saturated rings. The Balaban J connectivity index is 2.12. The van der Waals surface area contributed by atoms with Gasteiger partial charge < -0.3 is 4.90 Å². The molecule has 14 heavy (non-hydrogen) atoms. The summed E-state index contributed by atoms with van der Waals surface area (Å²) in [6, 6.07) is 0. The summed E-state index contributed by atoms with van der Waals surface area (Å²) in [4.78, 5) is 18.0. The summed E-state index contributed by atoms with van der Waals surface area (Å²) in [5, 5.41) is 2.90. The number of hydroxylamine groups is 1. The van der Waals surface area contributed by atoms with Crippen LogP contribution in [0, 0.1) is 0 Å². The highest BCUT2D eigenvalue weighted by molar-refractivity contribution is 8.06. The Morgan fingerprint density at radius 3 is 3.36 bits per heavy atom. The number of hydrogen-bond donors (Lipinski definition) is 1. The molecule has 0 radical (unpaired) electrons. The van der Waals surface area contributed by atoms with Crippen molar-refractivity contribution < 1.29 is 9.63 Å². The van der Waals surface area contributed by atoms with E-state index in [-0.39, 0.29) is 5.91 Å². The normalized spacial score (nSPS) is 18.8. The van der Waals surface area contributed by atoms with Crippen molar-refractivity contribution >= 4 is 17.7 Å². The van der Waals surface area contributed by atoms with E-state index in [4.69, 9.17) is 0 Å². The van der Waals surface area contributed by atoms with Gasteiger partial charge in [-0.15, -0.1) is 0 Å². The van der Waals surface area contributed by atoms with Gasteiger partial charge in [0.15, 0.2) is 0 Å². The van der Waals surface area contributed by atoms with E-state index in [1.54, 1.807) is 11.8 Å². The van der Waals surface area contributed by atoms with Gasteiger partial charge in [0.2, 0.25) is 0 Å². The molecule has 2 rings (SSSR count). The van der Waals surface area contributed by atoms with Gasteiger partial charge in [-0.05, 0) is 6.08 Å². The van der Waals surface area contributed by atoms with Crippen LogP contribution in [-0.4, -0.2) is 24.5 Å². The van der Waals surface area contributed by atoms with Crippen LogP contribution in [0.5, 0.6) is 0 Å². The van der Waals surface area contributed by atoms with E-state index in [1.807, 2.05) is 28.5 Å². The van der Waals surface area contributed by atoms with Crippen molar-refractivity contribution in [1.82, 2.24) is 10.4 Å². The fraction of sp³-hybridized carbons (Fsp3) is 0.222. The average molecular weight is 210 g/mol. The monoisotopic (exact) mass is 210 g/mol. The van der Waals surface area contributed by atoms with Crippen molar-refractivity contribution in [1.29, 1.82) is 0 Å². The Kier molecular flexibility index (Phi) is 2.60. The highest BCUT2D eigenvalue weighted by Crippen LogP contribution is 2.35. The number of rotatable bonds is 2. The van der Waals surface area contributed by atoms with Crippen LogP contribution in [-0.2, 0) is 9.63 Å². The molecule has 0 atom stereocenters. The molecule has 0 aliphatic carbocycles. The van der Waals surface area contributed by atoms with Gasteiger partial charge in [-0.2, -0.15) is 0 Å². The summed E-state index contributed by atoms with van der Waals surface area (Å²) >= 11 is 1.55. The second kappa shape index (κ2) is 3.89. The van der Waals surface area contributed by atoms with E-state index in [1.165, 1.54) is 7.11 Å². The van der Waals surface area contributed by atoms with Crippen LogP contribution in [0.15, 0.2) is 34.4 Å². The Bertz CT molecular complexity index is 347. The van der Waals surface area contributed by atoms with Gasteiger partial charge in [0, 0.05) is 12.0 Å². The topological polar surface area (TPSA) is 41.6 Å². The van der Waals surface area contributed by atoms with Gasteiger partial charge >= 0.3 is 0 Å². The van der Waals surface area contributed by atoms with Crippen molar-refractivity contribution in [2.75, 3.05) is 13.7 Å². The third-order valence-electron chi connectivity index (χ3n) is 1.94. The molecular weight excluding hydrogens is 200 g/mol. The second-order valence-corrected chi connectivity index (χ2v) is 3.69. The first-order chi connectivity index (χ1) is 6.83. The van der Waals surface area contributed by atoms with Crippen LogP contribution < -0.4 is 5.48 Å². The molecular formula is C9H10N2O2S. The van der Waals surface area contributed by atoms with Crippen molar-refractivity contribution in [3.8, 4) is 0 Å². The molecule has 0 aromatic rings. The highest BCUT2D eigenvalue weighted by Gasteiger charge is 2.26. The van der Waals surface area contributed by atoms with Gasteiger partial charge in [-0.25, -0.2) is 5.48 Å². The largest absolute Gasteiger partial charge is 0.327 e. The molecule has 0 aromatic heterocycles. The number of thioether (sulfide) groups is 1. The second-order valence-electron chi connectivity index (χ2n) is 2.80. The summed E-state index contributed by atoms with van der Waals surface area (Å²) < 4.78 is 0.